The predicted octanol–water partition coefficient (Wildman–Crippen LogP) is -0.481. The molecule has 2 fully saturated rings. The molecule has 1 atom stereocenters. The number of tetrazole rings is 1. The van der Waals surface area contributed by atoms with Gasteiger partial charge in [0.1, 0.15) is 19.0 Å². The van der Waals surface area contributed by atoms with Crippen LogP contribution < -0.4 is 0 Å². The summed E-state index contributed by atoms with van der Waals surface area (Å²) in [6, 6.07) is 0.0774. The number of aromatic nitrogens is 6. The fourth-order valence-corrected chi connectivity index (χ4v) is 4.55. The lowest BCUT2D eigenvalue weighted by Crippen LogP contribution is -2.47. The molecule has 0 spiro atoms. The van der Waals surface area contributed by atoms with Crippen LogP contribution in [0.1, 0.15) is 31.6 Å². The predicted molar refractivity (Wildman–Crippen MR) is 112 cm³/mol. The van der Waals surface area contributed by atoms with Gasteiger partial charge in [0.15, 0.2) is 5.82 Å². The summed E-state index contributed by atoms with van der Waals surface area (Å²) in [5.74, 6) is 0.0865. The van der Waals surface area contributed by atoms with Gasteiger partial charge in [-0.05, 0) is 30.2 Å². The number of piperidine rings is 1. The van der Waals surface area contributed by atoms with Gasteiger partial charge in [0.25, 0.3) is 0 Å². The van der Waals surface area contributed by atoms with Gasteiger partial charge in [-0.25, -0.2) is 14.6 Å². The summed E-state index contributed by atoms with van der Waals surface area (Å²) >= 11 is 0. The standard InChI is InChI=1S/C20H25N9O4/c1-13-16(11-33-19(13)31)28-7-6-27(20(28)32)14-2-4-26(5-3-14)10-17(30)15-8-21-9-18(23-15)29-12-22-24-25-29/h8-9,12,14,17,30H,2-7,10-11H2,1H3. The Balaban J connectivity index is 1.15. The van der Waals surface area contributed by atoms with Gasteiger partial charge >= 0.3 is 12.0 Å². The lowest BCUT2D eigenvalue weighted by atomic mass is 10.0. The van der Waals surface area contributed by atoms with Crippen molar-refractivity contribution in [1.29, 1.82) is 0 Å². The van der Waals surface area contributed by atoms with E-state index in [1.54, 1.807) is 11.8 Å². The highest BCUT2D eigenvalue weighted by Gasteiger charge is 2.39. The Hall–Kier alpha value is -3.45. The van der Waals surface area contributed by atoms with Crippen molar-refractivity contribution in [2.24, 2.45) is 0 Å². The summed E-state index contributed by atoms with van der Waals surface area (Å²) in [7, 11) is 0. The maximum absolute atomic E-state index is 13.0. The number of nitrogens with zero attached hydrogens (tertiary/aromatic N) is 9. The van der Waals surface area contributed by atoms with E-state index in [0.29, 0.717) is 42.4 Å². The number of hydrogen-bond donors (Lipinski definition) is 1. The first-order valence-corrected chi connectivity index (χ1v) is 10.9. The van der Waals surface area contributed by atoms with Crippen LogP contribution in [-0.2, 0) is 9.53 Å². The van der Waals surface area contributed by atoms with Gasteiger partial charge in [0.05, 0.1) is 29.4 Å². The number of likely N-dealkylation sites (tertiary alicyclic amines) is 1. The highest BCUT2D eigenvalue weighted by Crippen LogP contribution is 2.28. The van der Waals surface area contributed by atoms with E-state index in [1.165, 1.54) is 23.4 Å². The molecule has 13 heteroatoms. The maximum Gasteiger partial charge on any atom is 0.336 e. The third-order valence-electron chi connectivity index (χ3n) is 6.44. The number of β-amino-alcohol motifs (C(OH)–C–C–N with tert-alkyl or cyclic N) is 1. The second-order valence-corrected chi connectivity index (χ2v) is 8.38. The molecule has 0 bridgehead atoms. The molecule has 5 rings (SSSR count). The molecular formula is C20H25N9O4. The number of urea groups is 1. The van der Waals surface area contributed by atoms with Crippen LogP contribution in [0.5, 0.6) is 0 Å². The molecule has 0 saturated carbocycles. The van der Waals surface area contributed by atoms with Crippen LogP contribution in [0, 0.1) is 0 Å². The van der Waals surface area contributed by atoms with E-state index in [1.807, 2.05) is 4.90 Å². The molecule has 3 aliphatic rings. The molecule has 1 unspecified atom stereocenters. The molecule has 5 heterocycles. The molecule has 2 aromatic rings. The van der Waals surface area contributed by atoms with Crippen LogP contribution in [0.4, 0.5) is 4.79 Å². The minimum atomic E-state index is -0.802. The Kier molecular flexibility index (Phi) is 5.72. The Morgan fingerprint density at radius 3 is 2.70 bits per heavy atom. The van der Waals surface area contributed by atoms with Gasteiger partial charge < -0.3 is 19.6 Å². The number of ether oxygens (including phenoxy) is 1. The van der Waals surface area contributed by atoms with E-state index in [9.17, 15) is 14.7 Å². The second kappa shape index (κ2) is 8.83. The molecule has 0 aliphatic carbocycles. The number of carbonyl (C=O) groups is 2. The maximum atomic E-state index is 13.0. The van der Waals surface area contributed by atoms with E-state index in [0.717, 1.165) is 25.9 Å². The highest BCUT2D eigenvalue weighted by atomic mass is 16.5. The molecule has 174 valence electrons. The molecule has 0 radical (unpaired) electrons. The highest BCUT2D eigenvalue weighted by molar-refractivity contribution is 5.92. The zero-order chi connectivity index (χ0) is 22.9. The average Bonchev–Trinajstić information content (AvgIpc) is 3.57. The number of aliphatic hydroxyl groups excluding tert-OH is 1. The number of aliphatic hydroxyl groups is 1. The number of rotatable bonds is 6. The largest absolute Gasteiger partial charge is 0.456 e. The van der Waals surface area contributed by atoms with E-state index in [2.05, 4.69) is 30.4 Å². The summed E-state index contributed by atoms with van der Waals surface area (Å²) in [6.07, 6.45) is 5.31. The number of esters is 1. The van der Waals surface area contributed by atoms with Crippen LogP contribution in [0.3, 0.4) is 0 Å². The molecule has 1 N–H and O–H groups in total. The topological polar surface area (TPSA) is 143 Å². The van der Waals surface area contributed by atoms with Crippen molar-refractivity contribution in [3.8, 4) is 5.82 Å². The molecule has 0 aromatic carbocycles. The zero-order valence-electron chi connectivity index (χ0n) is 18.2. The first kappa shape index (κ1) is 21.4. The molecule has 33 heavy (non-hydrogen) atoms. The summed E-state index contributed by atoms with van der Waals surface area (Å²) in [4.78, 5) is 38.9. The lowest BCUT2D eigenvalue weighted by molar-refractivity contribution is -0.136. The minimum absolute atomic E-state index is 0.0594. The molecular weight excluding hydrogens is 430 g/mol. The van der Waals surface area contributed by atoms with Gasteiger partial charge in [-0.15, -0.1) is 5.10 Å². The zero-order valence-corrected chi connectivity index (χ0v) is 18.2. The SMILES string of the molecule is CC1=C(N2CCN(C3CCN(CC(O)c4cncc(-n5cnnn5)n4)CC3)C2=O)COC1=O. The van der Waals surface area contributed by atoms with Crippen molar-refractivity contribution >= 4 is 12.0 Å². The third-order valence-corrected chi connectivity index (χ3v) is 6.44. The molecule has 2 amide bonds. The van der Waals surface area contributed by atoms with Gasteiger partial charge in [0.2, 0.25) is 0 Å². The second-order valence-electron chi connectivity index (χ2n) is 8.38. The number of carbonyl (C=O) groups excluding carboxylic acids is 2. The van der Waals surface area contributed by atoms with E-state index >= 15 is 0 Å². The quantitative estimate of drug-likeness (QED) is 0.567. The fourth-order valence-electron chi connectivity index (χ4n) is 4.55. The monoisotopic (exact) mass is 455 g/mol. The summed E-state index contributed by atoms with van der Waals surface area (Å²) in [6.45, 7) is 5.01. The smallest absolute Gasteiger partial charge is 0.336 e. The number of hydrogen-bond acceptors (Lipinski definition) is 10. The van der Waals surface area contributed by atoms with Gasteiger partial charge in [-0.3, -0.25) is 9.88 Å². The van der Waals surface area contributed by atoms with Crippen LogP contribution in [-0.4, -0.2) is 107 Å². The van der Waals surface area contributed by atoms with Crippen LogP contribution >= 0.6 is 0 Å². The summed E-state index contributed by atoms with van der Waals surface area (Å²) in [5, 5.41) is 21.7. The molecule has 2 saturated heterocycles. The van der Waals surface area contributed by atoms with Gasteiger partial charge in [-0.1, -0.05) is 0 Å². The molecule has 13 nitrogen and oxygen atoms in total. The van der Waals surface area contributed by atoms with Crippen molar-refractivity contribution < 1.29 is 19.4 Å². The van der Waals surface area contributed by atoms with Gasteiger partial charge in [-0.2, -0.15) is 4.68 Å². The van der Waals surface area contributed by atoms with Crippen LogP contribution in [0.2, 0.25) is 0 Å². The van der Waals surface area contributed by atoms with E-state index in [4.69, 9.17) is 4.74 Å². The summed E-state index contributed by atoms with van der Waals surface area (Å²) < 4.78 is 6.44. The minimum Gasteiger partial charge on any atom is -0.456 e. The van der Waals surface area contributed by atoms with Crippen molar-refractivity contribution in [2.75, 3.05) is 39.3 Å². The Labute approximate surface area is 189 Å². The van der Waals surface area contributed by atoms with Crippen molar-refractivity contribution in [1.82, 2.24) is 44.9 Å². The Bertz CT molecular complexity index is 1070. The number of cyclic esters (lactones) is 1. The van der Waals surface area contributed by atoms with E-state index < -0.39 is 6.10 Å². The lowest BCUT2D eigenvalue weighted by Gasteiger charge is -2.37. The number of amides is 2. The van der Waals surface area contributed by atoms with Crippen molar-refractivity contribution in [3.63, 3.8) is 0 Å². The third kappa shape index (κ3) is 4.16. The Morgan fingerprint density at radius 2 is 2.00 bits per heavy atom. The normalized spacial score (nSPS) is 21.3. The average molecular weight is 455 g/mol. The fraction of sp³-hybridized carbons (Fsp3) is 0.550. The molecule has 2 aromatic heterocycles. The summed E-state index contributed by atoms with van der Waals surface area (Å²) in [5.41, 5.74) is 1.65. The van der Waals surface area contributed by atoms with Crippen LogP contribution in [0.25, 0.3) is 5.82 Å². The van der Waals surface area contributed by atoms with E-state index in [-0.39, 0.29) is 24.6 Å². The van der Waals surface area contributed by atoms with Crippen molar-refractivity contribution in [2.45, 2.75) is 31.9 Å². The Morgan fingerprint density at radius 1 is 1.18 bits per heavy atom. The first-order valence-electron chi connectivity index (χ1n) is 10.9. The van der Waals surface area contributed by atoms with Crippen LogP contribution in [0.15, 0.2) is 30.0 Å². The van der Waals surface area contributed by atoms with Gasteiger partial charge in [0, 0.05) is 38.8 Å². The van der Waals surface area contributed by atoms with Crippen molar-refractivity contribution in [3.05, 3.63) is 35.7 Å². The first-order chi connectivity index (χ1) is 16.0. The molecule has 3 aliphatic heterocycles.